The van der Waals surface area contributed by atoms with Gasteiger partial charge in [0.2, 0.25) is 5.91 Å². The third-order valence-electron chi connectivity index (χ3n) is 2.55. The van der Waals surface area contributed by atoms with E-state index in [4.69, 9.17) is 27.9 Å². The Morgan fingerprint density at radius 2 is 2.15 bits per heavy atom. The number of benzene rings is 1. The largest absolute Gasteiger partial charge is 0.375 e. The molecule has 20 heavy (non-hydrogen) atoms. The molecule has 1 aromatic rings. The summed E-state index contributed by atoms with van der Waals surface area (Å²) < 4.78 is 5.29. The monoisotopic (exact) mass is 315 g/mol. The van der Waals surface area contributed by atoms with Crippen molar-refractivity contribution in [3.63, 3.8) is 0 Å². The number of rotatable bonds is 8. The molecule has 0 radical (unpaired) electrons. The van der Waals surface area contributed by atoms with Crippen molar-refractivity contribution in [1.29, 1.82) is 0 Å². The maximum atomic E-state index is 11.6. The van der Waals surface area contributed by atoms with Gasteiger partial charge < -0.3 is 10.1 Å². The van der Waals surface area contributed by atoms with Crippen LogP contribution in [0.25, 0.3) is 0 Å². The number of carbonyl (C=O) groups is 1. The van der Waals surface area contributed by atoms with Gasteiger partial charge in [-0.15, -0.1) is 0 Å². The Morgan fingerprint density at radius 3 is 2.80 bits per heavy atom. The van der Waals surface area contributed by atoms with Crippen molar-refractivity contribution in [3.05, 3.63) is 46.0 Å². The Balaban J connectivity index is 2.21. The summed E-state index contributed by atoms with van der Waals surface area (Å²) in [6, 6.07) is 5.29. The highest BCUT2D eigenvalue weighted by atomic mass is 35.5. The summed E-state index contributed by atoms with van der Waals surface area (Å²) >= 11 is 11.9. The van der Waals surface area contributed by atoms with E-state index < -0.39 is 0 Å². The van der Waals surface area contributed by atoms with Gasteiger partial charge >= 0.3 is 0 Å². The van der Waals surface area contributed by atoms with Gasteiger partial charge in [-0.3, -0.25) is 4.79 Å². The van der Waals surface area contributed by atoms with E-state index in [0.29, 0.717) is 42.6 Å². The Labute approximate surface area is 129 Å². The molecular weight excluding hydrogens is 297 g/mol. The number of carbonyl (C=O) groups excluding carboxylic acids is 1. The predicted octanol–water partition coefficient (Wildman–Crippen LogP) is 3.63. The van der Waals surface area contributed by atoms with Gasteiger partial charge in [0.15, 0.2) is 0 Å². The van der Waals surface area contributed by atoms with Crippen molar-refractivity contribution in [2.24, 2.45) is 0 Å². The molecule has 0 atom stereocenters. The van der Waals surface area contributed by atoms with E-state index in [2.05, 4.69) is 11.9 Å². The molecule has 3 nitrogen and oxygen atoms in total. The first-order valence-corrected chi connectivity index (χ1v) is 7.17. The summed E-state index contributed by atoms with van der Waals surface area (Å²) in [5.41, 5.74) is 1.89. The molecule has 0 unspecified atom stereocenters. The lowest BCUT2D eigenvalue weighted by atomic mass is 10.1. The molecule has 5 heteroatoms. The van der Waals surface area contributed by atoms with Crippen LogP contribution in [0.5, 0.6) is 0 Å². The van der Waals surface area contributed by atoms with Gasteiger partial charge in [-0.25, -0.2) is 0 Å². The molecule has 1 amide bonds. The Bertz CT molecular complexity index is 475. The zero-order valence-corrected chi connectivity index (χ0v) is 13.1. The molecule has 0 aromatic heterocycles. The highest BCUT2D eigenvalue weighted by Gasteiger charge is 2.05. The molecule has 1 N–H and O–H groups in total. The molecule has 0 aliphatic carbocycles. The van der Waals surface area contributed by atoms with Crippen LogP contribution in [0.4, 0.5) is 0 Å². The maximum Gasteiger partial charge on any atom is 0.220 e. The fraction of sp³-hybridized carbons (Fsp3) is 0.400. The van der Waals surface area contributed by atoms with Crippen LogP contribution in [0.1, 0.15) is 18.9 Å². The quantitative estimate of drug-likeness (QED) is 0.587. The van der Waals surface area contributed by atoms with Crippen LogP contribution >= 0.6 is 23.2 Å². The molecular formula is C15H19Cl2NO2. The Morgan fingerprint density at radius 1 is 1.40 bits per heavy atom. The molecule has 0 heterocycles. The third-order valence-corrected chi connectivity index (χ3v) is 3.14. The first-order valence-electron chi connectivity index (χ1n) is 6.42. The van der Waals surface area contributed by atoms with Crippen LogP contribution in [-0.2, 0) is 16.0 Å². The average Bonchev–Trinajstić information content (AvgIpc) is 2.37. The first-order chi connectivity index (χ1) is 9.49. The third kappa shape index (κ3) is 6.94. The van der Waals surface area contributed by atoms with Crippen molar-refractivity contribution in [1.82, 2.24) is 5.32 Å². The van der Waals surface area contributed by atoms with Gasteiger partial charge in [-0.2, -0.15) is 0 Å². The van der Waals surface area contributed by atoms with Crippen LogP contribution in [0, 0.1) is 0 Å². The number of amides is 1. The van der Waals surface area contributed by atoms with Crippen molar-refractivity contribution >= 4 is 29.1 Å². The van der Waals surface area contributed by atoms with E-state index in [9.17, 15) is 4.79 Å². The lowest BCUT2D eigenvalue weighted by molar-refractivity contribution is -0.121. The van der Waals surface area contributed by atoms with E-state index in [1.165, 1.54) is 0 Å². The van der Waals surface area contributed by atoms with E-state index >= 15 is 0 Å². The molecule has 0 fully saturated rings. The molecule has 0 saturated heterocycles. The van der Waals surface area contributed by atoms with Crippen molar-refractivity contribution in [3.8, 4) is 0 Å². The van der Waals surface area contributed by atoms with Crippen LogP contribution in [0.15, 0.2) is 30.4 Å². The highest BCUT2D eigenvalue weighted by molar-refractivity contribution is 6.35. The molecule has 1 aromatic carbocycles. The van der Waals surface area contributed by atoms with E-state index in [0.717, 1.165) is 11.1 Å². The fourth-order valence-electron chi connectivity index (χ4n) is 1.57. The van der Waals surface area contributed by atoms with Crippen molar-refractivity contribution in [2.45, 2.75) is 19.8 Å². The number of nitrogens with one attached hydrogen (secondary N) is 1. The topological polar surface area (TPSA) is 38.3 Å². The number of aryl methyl sites for hydroxylation is 1. The summed E-state index contributed by atoms with van der Waals surface area (Å²) in [5.74, 6) is -0.0186. The molecule has 0 saturated carbocycles. The minimum absolute atomic E-state index is 0.0186. The van der Waals surface area contributed by atoms with Gasteiger partial charge in [0.05, 0.1) is 13.2 Å². The van der Waals surface area contributed by atoms with E-state index in [1.54, 1.807) is 12.1 Å². The SMILES string of the molecule is C=C(C)COCCNC(=O)CCc1ccc(Cl)cc1Cl. The van der Waals surface area contributed by atoms with Crippen LogP contribution in [0.3, 0.4) is 0 Å². The van der Waals surface area contributed by atoms with Gasteiger partial charge in [0.1, 0.15) is 0 Å². The second kappa shape index (κ2) is 9.01. The molecule has 0 spiro atoms. The summed E-state index contributed by atoms with van der Waals surface area (Å²) in [6.07, 6.45) is 0.982. The van der Waals surface area contributed by atoms with E-state index in [-0.39, 0.29) is 5.91 Å². The second-order valence-electron chi connectivity index (χ2n) is 4.60. The Kier molecular flexibility index (Phi) is 7.67. The number of hydrogen-bond acceptors (Lipinski definition) is 2. The highest BCUT2D eigenvalue weighted by Crippen LogP contribution is 2.21. The number of halogens is 2. The van der Waals surface area contributed by atoms with Crippen molar-refractivity contribution in [2.75, 3.05) is 19.8 Å². The first kappa shape index (κ1) is 17.0. The van der Waals surface area contributed by atoms with Gasteiger partial charge in [-0.1, -0.05) is 41.4 Å². The van der Waals surface area contributed by atoms with Gasteiger partial charge in [-0.05, 0) is 31.0 Å². The standard InChI is InChI=1S/C15H19Cl2NO2/c1-11(2)10-20-8-7-18-15(19)6-4-12-3-5-13(16)9-14(12)17/h3,5,9H,1,4,6-8,10H2,2H3,(H,18,19). The van der Waals surface area contributed by atoms with E-state index in [1.807, 2.05) is 13.0 Å². The zero-order valence-electron chi connectivity index (χ0n) is 11.5. The average molecular weight is 316 g/mol. The summed E-state index contributed by atoms with van der Waals surface area (Å²) in [4.78, 5) is 11.6. The van der Waals surface area contributed by atoms with Gasteiger partial charge in [0.25, 0.3) is 0 Å². The molecule has 0 bridgehead atoms. The predicted molar refractivity (Wildman–Crippen MR) is 83.4 cm³/mol. The zero-order chi connectivity index (χ0) is 15.0. The lowest BCUT2D eigenvalue weighted by Gasteiger charge is -2.07. The minimum atomic E-state index is -0.0186. The van der Waals surface area contributed by atoms with Crippen LogP contribution in [-0.4, -0.2) is 25.7 Å². The molecule has 0 aliphatic rings. The molecule has 1 rings (SSSR count). The fourth-order valence-corrected chi connectivity index (χ4v) is 2.07. The number of hydrogen-bond donors (Lipinski definition) is 1. The van der Waals surface area contributed by atoms with Gasteiger partial charge in [0, 0.05) is 23.0 Å². The Hall–Kier alpha value is -1.03. The lowest BCUT2D eigenvalue weighted by Crippen LogP contribution is -2.27. The second-order valence-corrected chi connectivity index (χ2v) is 5.44. The summed E-state index contributed by atoms with van der Waals surface area (Å²) in [7, 11) is 0. The smallest absolute Gasteiger partial charge is 0.220 e. The minimum Gasteiger partial charge on any atom is -0.375 e. The van der Waals surface area contributed by atoms with Crippen LogP contribution in [0.2, 0.25) is 10.0 Å². The summed E-state index contributed by atoms with van der Waals surface area (Å²) in [5, 5.41) is 3.98. The number of ether oxygens (including phenoxy) is 1. The molecule has 110 valence electrons. The summed E-state index contributed by atoms with van der Waals surface area (Å²) in [6.45, 7) is 7.14. The van der Waals surface area contributed by atoms with Crippen LogP contribution < -0.4 is 5.32 Å². The maximum absolute atomic E-state index is 11.6. The van der Waals surface area contributed by atoms with Crippen molar-refractivity contribution < 1.29 is 9.53 Å². The normalized spacial score (nSPS) is 10.3. The molecule has 0 aliphatic heterocycles.